The predicted molar refractivity (Wildman–Crippen MR) is 136 cm³/mol. The molecule has 0 radical (unpaired) electrons. The van der Waals surface area contributed by atoms with Gasteiger partial charge in [-0.2, -0.15) is 5.10 Å². The molecule has 4 rings (SSSR count). The molecular weight excluding hydrogens is 410 g/mol. The first-order chi connectivity index (χ1) is 16.2. The molecule has 0 saturated heterocycles. The first kappa shape index (κ1) is 22.6. The molecule has 0 aliphatic rings. The van der Waals surface area contributed by atoms with Crippen LogP contribution >= 0.6 is 0 Å². The third-order valence-corrected chi connectivity index (χ3v) is 5.88. The summed E-state index contributed by atoms with van der Waals surface area (Å²) in [7, 11) is 0. The molecule has 0 aliphatic heterocycles. The Labute approximate surface area is 195 Å². The highest BCUT2D eigenvalue weighted by molar-refractivity contribution is 6.09. The zero-order valence-electron chi connectivity index (χ0n) is 19.4. The van der Waals surface area contributed by atoms with E-state index in [1.165, 1.54) is 41.1 Å². The lowest BCUT2D eigenvalue weighted by Gasteiger charge is -2.06. The maximum Gasteiger partial charge on any atom is 0.271 e. The van der Waals surface area contributed by atoms with E-state index in [4.69, 9.17) is 4.74 Å². The van der Waals surface area contributed by atoms with Gasteiger partial charge >= 0.3 is 0 Å². The Morgan fingerprint density at radius 3 is 2.52 bits per heavy atom. The van der Waals surface area contributed by atoms with Gasteiger partial charge < -0.3 is 9.30 Å². The van der Waals surface area contributed by atoms with Gasteiger partial charge in [-0.05, 0) is 61.4 Å². The first-order valence-corrected chi connectivity index (χ1v) is 11.8. The van der Waals surface area contributed by atoms with E-state index in [-0.39, 0.29) is 5.91 Å². The first-order valence-electron chi connectivity index (χ1n) is 11.8. The van der Waals surface area contributed by atoms with E-state index in [1.54, 1.807) is 18.3 Å². The second-order valence-electron chi connectivity index (χ2n) is 8.17. The molecule has 0 atom stereocenters. The molecule has 0 bridgehead atoms. The van der Waals surface area contributed by atoms with Crippen molar-refractivity contribution in [1.82, 2.24) is 9.99 Å². The fourth-order valence-electron chi connectivity index (χ4n) is 4.14. The van der Waals surface area contributed by atoms with Crippen molar-refractivity contribution >= 4 is 33.9 Å². The molecule has 3 aromatic carbocycles. The van der Waals surface area contributed by atoms with Crippen molar-refractivity contribution in [3.8, 4) is 5.75 Å². The van der Waals surface area contributed by atoms with Gasteiger partial charge in [0, 0.05) is 33.9 Å². The molecule has 1 aromatic heterocycles. The summed E-state index contributed by atoms with van der Waals surface area (Å²) in [6.45, 7) is 5.97. The zero-order valence-corrected chi connectivity index (χ0v) is 19.4. The Kier molecular flexibility index (Phi) is 7.40. The van der Waals surface area contributed by atoms with Crippen LogP contribution in [0, 0.1) is 0 Å². The van der Waals surface area contributed by atoms with Crippen molar-refractivity contribution in [2.45, 2.75) is 46.1 Å². The van der Waals surface area contributed by atoms with E-state index in [0.29, 0.717) is 12.2 Å². The number of aryl methyl sites for hydroxylation is 1. The van der Waals surface area contributed by atoms with Gasteiger partial charge in [0.1, 0.15) is 5.75 Å². The summed E-state index contributed by atoms with van der Waals surface area (Å²) in [5, 5.41) is 6.58. The predicted octanol–water partition coefficient (Wildman–Crippen LogP) is 6.54. The molecule has 0 fully saturated rings. The zero-order chi connectivity index (χ0) is 23.0. The fraction of sp³-hybridized carbons (Fsp3) is 0.286. The maximum absolute atomic E-state index is 12.4. The van der Waals surface area contributed by atoms with Gasteiger partial charge in [-0.25, -0.2) is 5.43 Å². The van der Waals surface area contributed by atoms with Crippen LogP contribution in [-0.2, 0) is 6.54 Å². The van der Waals surface area contributed by atoms with Crippen LogP contribution in [0.2, 0.25) is 0 Å². The van der Waals surface area contributed by atoms with Gasteiger partial charge in [0.15, 0.2) is 0 Å². The average Bonchev–Trinajstić information content (AvgIpc) is 3.17. The van der Waals surface area contributed by atoms with Crippen LogP contribution in [-0.4, -0.2) is 23.3 Å². The van der Waals surface area contributed by atoms with Crippen LogP contribution in [0.1, 0.15) is 55.5 Å². The fourth-order valence-corrected chi connectivity index (χ4v) is 4.14. The second-order valence-corrected chi connectivity index (χ2v) is 8.17. The topological polar surface area (TPSA) is 55.6 Å². The van der Waals surface area contributed by atoms with Gasteiger partial charge in [-0.1, -0.05) is 50.5 Å². The third-order valence-electron chi connectivity index (χ3n) is 5.88. The van der Waals surface area contributed by atoms with E-state index < -0.39 is 0 Å². The minimum Gasteiger partial charge on any atom is -0.494 e. The average molecular weight is 442 g/mol. The van der Waals surface area contributed by atoms with Crippen molar-refractivity contribution in [3.63, 3.8) is 0 Å². The van der Waals surface area contributed by atoms with Gasteiger partial charge in [0.2, 0.25) is 0 Å². The number of ether oxygens (including phenoxy) is 1. The molecule has 1 N–H and O–H groups in total. The molecule has 33 heavy (non-hydrogen) atoms. The number of hydrazone groups is 1. The Balaban J connectivity index is 1.38. The Hall–Kier alpha value is -3.60. The molecule has 5 heteroatoms. The molecule has 4 aromatic rings. The van der Waals surface area contributed by atoms with Crippen molar-refractivity contribution in [2.75, 3.05) is 6.61 Å². The van der Waals surface area contributed by atoms with Gasteiger partial charge in [0.25, 0.3) is 5.91 Å². The molecule has 0 unspecified atom stereocenters. The van der Waals surface area contributed by atoms with Gasteiger partial charge in [0.05, 0.1) is 12.8 Å². The largest absolute Gasteiger partial charge is 0.494 e. The van der Waals surface area contributed by atoms with Crippen molar-refractivity contribution in [2.24, 2.45) is 5.10 Å². The molecule has 170 valence electrons. The van der Waals surface area contributed by atoms with Crippen LogP contribution < -0.4 is 10.2 Å². The highest BCUT2D eigenvalue weighted by Crippen LogP contribution is 2.29. The molecule has 0 spiro atoms. The number of benzene rings is 3. The molecule has 5 nitrogen and oxygen atoms in total. The third kappa shape index (κ3) is 5.25. The summed E-state index contributed by atoms with van der Waals surface area (Å²) in [5.41, 5.74) is 6.53. The number of fused-ring (bicyclic) bond motifs is 3. The molecule has 0 aliphatic carbocycles. The van der Waals surface area contributed by atoms with E-state index >= 15 is 0 Å². The van der Waals surface area contributed by atoms with E-state index in [1.807, 2.05) is 18.2 Å². The Morgan fingerprint density at radius 2 is 1.73 bits per heavy atom. The number of hydrogen-bond acceptors (Lipinski definition) is 3. The number of aromatic nitrogens is 1. The summed E-state index contributed by atoms with van der Waals surface area (Å²) >= 11 is 0. The number of para-hydroxylation sites is 1. The summed E-state index contributed by atoms with van der Waals surface area (Å²) in [5.74, 6) is 0.538. The number of amides is 1. The molecule has 1 heterocycles. The number of nitrogens with zero attached hydrogens (tertiary/aromatic N) is 2. The van der Waals surface area contributed by atoms with Crippen LogP contribution in [0.25, 0.3) is 21.8 Å². The standard InChI is InChI=1S/C28H31N3O2/c1-3-5-6-9-18-33-23-15-13-22(14-16-23)28(32)30-29-20-21-12-17-27-25(19-21)24-10-7-8-11-26(24)31(27)4-2/h7-8,10-17,19-20H,3-6,9,18H2,1-2H3,(H,30,32). The molecule has 1 amide bonds. The summed E-state index contributed by atoms with van der Waals surface area (Å²) in [6, 6.07) is 21.9. The van der Waals surface area contributed by atoms with Crippen LogP contribution in [0.15, 0.2) is 71.8 Å². The van der Waals surface area contributed by atoms with Gasteiger partial charge in [-0.3, -0.25) is 4.79 Å². The van der Waals surface area contributed by atoms with E-state index in [0.717, 1.165) is 24.3 Å². The van der Waals surface area contributed by atoms with E-state index in [2.05, 4.69) is 65.3 Å². The Morgan fingerprint density at radius 1 is 0.939 bits per heavy atom. The van der Waals surface area contributed by atoms with Crippen molar-refractivity contribution < 1.29 is 9.53 Å². The maximum atomic E-state index is 12.4. The number of rotatable bonds is 10. The highest BCUT2D eigenvalue weighted by Gasteiger charge is 2.09. The number of hydrogen-bond donors (Lipinski definition) is 1. The second kappa shape index (κ2) is 10.8. The summed E-state index contributed by atoms with van der Waals surface area (Å²) in [4.78, 5) is 12.4. The van der Waals surface area contributed by atoms with Crippen LogP contribution in [0.5, 0.6) is 5.75 Å². The summed E-state index contributed by atoms with van der Waals surface area (Å²) < 4.78 is 8.05. The van der Waals surface area contributed by atoms with Crippen LogP contribution in [0.3, 0.4) is 0 Å². The summed E-state index contributed by atoms with van der Waals surface area (Å²) in [6.07, 6.45) is 6.37. The van der Waals surface area contributed by atoms with Crippen molar-refractivity contribution in [1.29, 1.82) is 0 Å². The number of carbonyl (C=O) groups is 1. The molecular formula is C28H31N3O2. The SMILES string of the molecule is CCCCCCOc1ccc(C(=O)NN=Cc2ccc3c(c2)c2ccccc2n3CC)cc1. The minimum absolute atomic E-state index is 0.246. The number of carbonyl (C=O) groups excluding carboxylic acids is 1. The lowest BCUT2D eigenvalue weighted by Crippen LogP contribution is -2.17. The quantitative estimate of drug-likeness (QED) is 0.173. The lowest BCUT2D eigenvalue weighted by atomic mass is 10.1. The lowest BCUT2D eigenvalue weighted by molar-refractivity contribution is 0.0955. The molecule has 0 saturated carbocycles. The number of unbranched alkanes of at least 4 members (excludes halogenated alkanes) is 3. The minimum atomic E-state index is -0.246. The van der Waals surface area contributed by atoms with Crippen molar-refractivity contribution in [3.05, 3.63) is 77.9 Å². The van der Waals surface area contributed by atoms with E-state index in [9.17, 15) is 4.79 Å². The smallest absolute Gasteiger partial charge is 0.271 e. The normalized spacial score (nSPS) is 11.5. The monoisotopic (exact) mass is 441 g/mol. The van der Waals surface area contributed by atoms with Crippen LogP contribution in [0.4, 0.5) is 0 Å². The number of nitrogens with one attached hydrogen (secondary N) is 1. The highest BCUT2D eigenvalue weighted by atomic mass is 16.5. The Bertz CT molecular complexity index is 1260. The van der Waals surface area contributed by atoms with Gasteiger partial charge in [-0.15, -0.1) is 0 Å².